The number of hydrogen-bond donors (Lipinski definition) is 1. The maximum absolute atomic E-state index is 15.4. The number of hydrogen-bond acceptors (Lipinski definition) is 6. The van der Waals surface area contributed by atoms with Crippen LogP contribution in [-0.2, 0) is 27.0 Å². The van der Waals surface area contributed by atoms with Crippen molar-refractivity contribution >= 4 is 45.1 Å². The van der Waals surface area contributed by atoms with E-state index in [0.717, 1.165) is 18.2 Å². The van der Waals surface area contributed by atoms with Gasteiger partial charge in [-0.2, -0.15) is 29.1 Å². The average Bonchev–Trinajstić information content (AvgIpc) is 3.14. The van der Waals surface area contributed by atoms with E-state index in [9.17, 15) is 27.2 Å². The molecule has 43 heavy (non-hydrogen) atoms. The molecule has 0 saturated carbocycles. The number of benzene rings is 2. The van der Waals surface area contributed by atoms with Gasteiger partial charge in [0.05, 0.1) is 42.0 Å². The Morgan fingerprint density at radius 3 is 2.49 bits per heavy atom. The molecule has 1 aromatic heterocycles. The Bertz CT molecular complexity index is 1630. The molecule has 3 heterocycles. The highest BCUT2D eigenvalue weighted by Gasteiger charge is 2.37. The van der Waals surface area contributed by atoms with E-state index in [2.05, 4.69) is 11.6 Å². The van der Waals surface area contributed by atoms with Crippen molar-refractivity contribution in [1.29, 1.82) is 0 Å². The molecular formula is C28H28ClF5N4O4S. The van der Waals surface area contributed by atoms with Crippen LogP contribution in [0.1, 0.15) is 5.56 Å². The highest BCUT2D eigenvalue weighted by atomic mass is 35.5. The number of rotatable bonds is 7. The minimum absolute atomic E-state index is 0.0210. The largest absolute Gasteiger partial charge is 0.416 e. The monoisotopic (exact) mass is 646 g/mol. The van der Waals surface area contributed by atoms with E-state index in [4.69, 9.17) is 21.1 Å². The van der Waals surface area contributed by atoms with Crippen LogP contribution in [0.15, 0.2) is 51.5 Å². The quantitative estimate of drug-likeness (QED) is 0.133. The number of carbonyl (C=O) groups is 1. The fourth-order valence-corrected chi connectivity index (χ4v) is 8.26. The number of anilines is 1. The number of aromatic nitrogens is 2. The molecule has 0 spiro atoms. The van der Waals surface area contributed by atoms with Gasteiger partial charge in [-0.1, -0.05) is 18.2 Å². The van der Waals surface area contributed by atoms with Gasteiger partial charge in [0.15, 0.2) is 0 Å². The molecule has 1 saturated heterocycles. The summed E-state index contributed by atoms with van der Waals surface area (Å²) < 4.78 is 84.9. The smallest absolute Gasteiger partial charge is 0.382 e. The van der Waals surface area contributed by atoms with Gasteiger partial charge in [-0.3, -0.25) is 9.36 Å². The lowest BCUT2D eigenvalue weighted by Crippen LogP contribution is -2.49. The fraction of sp³-hybridized carbons (Fsp3) is 0.393. The molecule has 0 aliphatic carbocycles. The third-order valence-corrected chi connectivity index (χ3v) is 10.3. The molecule has 3 aromatic rings. The molecule has 0 bridgehead atoms. The number of carbonyl (C=O) groups excluding carboxylic acids is 1. The van der Waals surface area contributed by atoms with E-state index in [1.54, 1.807) is 4.90 Å². The van der Waals surface area contributed by atoms with Crippen molar-refractivity contribution in [1.82, 2.24) is 14.5 Å². The SMILES string of the molecule is C=CC(=O)N1CCN(c2nc(=O)n3c4c(cc(C(F)(F)F)cc24)[SH](c2cc(Cl)c(F)cc2F)C[C@H](OCCOC)C3)CC1. The van der Waals surface area contributed by atoms with Crippen molar-refractivity contribution in [3.8, 4) is 0 Å². The minimum atomic E-state index is -4.79. The number of ether oxygens (including phenoxy) is 2. The number of methoxy groups -OCH3 is 1. The second-order valence-corrected chi connectivity index (χ2v) is 12.6. The van der Waals surface area contributed by atoms with E-state index in [0.29, 0.717) is 6.07 Å². The molecule has 2 aromatic carbocycles. The molecule has 0 N–H and O–H groups in total. The first-order valence-corrected chi connectivity index (χ1v) is 15.2. The molecule has 2 aliphatic heterocycles. The number of nitrogens with zero attached hydrogens (tertiary/aromatic N) is 4. The van der Waals surface area contributed by atoms with E-state index < -0.39 is 46.1 Å². The van der Waals surface area contributed by atoms with Crippen LogP contribution in [0, 0.1) is 11.6 Å². The Balaban J connectivity index is 1.75. The standard InChI is InChI=1S/C28H28ClF5N4O4S/c1-3-24(39)36-4-6-37(7-5-36)26-18-10-16(28(32,33)34)11-23-25(18)38(27(40)35-26)14-17(42-9-8-41-2)15-43(23)22-12-19(29)20(30)13-21(22)31/h3,10-13,17,43H,1,4-9,14-15H2,2H3/t17-/m1/s1. The van der Waals surface area contributed by atoms with Crippen molar-refractivity contribution in [3.05, 3.63) is 69.6 Å². The lowest BCUT2D eigenvalue weighted by Gasteiger charge is -2.35. The molecule has 1 unspecified atom stereocenters. The van der Waals surface area contributed by atoms with Crippen molar-refractivity contribution in [2.24, 2.45) is 0 Å². The Labute approximate surface area is 251 Å². The summed E-state index contributed by atoms with van der Waals surface area (Å²) in [6, 6.07) is 3.54. The second kappa shape index (κ2) is 12.4. The number of amides is 1. The van der Waals surface area contributed by atoms with Gasteiger partial charge in [0.25, 0.3) is 0 Å². The van der Waals surface area contributed by atoms with Crippen LogP contribution < -0.4 is 10.6 Å². The third-order valence-electron chi connectivity index (χ3n) is 7.41. The fourth-order valence-electron chi connectivity index (χ4n) is 5.34. The summed E-state index contributed by atoms with van der Waals surface area (Å²) in [5.74, 6) is -2.21. The van der Waals surface area contributed by atoms with Gasteiger partial charge in [-0.15, -0.1) is 0 Å². The van der Waals surface area contributed by atoms with Crippen LogP contribution >= 0.6 is 22.5 Å². The van der Waals surface area contributed by atoms with Gasteiger partial charge < -0.3 is 19.3 Å². The molecule has 5 rings (SSSR count). The molecule has 1 amide bonds. The number of piperazine rings is 1. The lowest BCUT2D eigenvalue weighted by molar-refractivity contribution is -0.137. The number of alkyl halides is 3. The lowest BCUT2D eigenvalue weighted by atomic mass is 10.1. The Kier molecular flexibility index (Phi) is 9.02. The predicted octanol–water partition coefficient (Wildman–Crippen LogP) is 4.65. The first-order valence-electron chi connectivity index (χ1n) is 13.3. The van der Waals surface area contributed by atoms with Gasteiger partial charge in [0, 0.05) is 60.3 Å². The topological polar surface area (TPSA) is 76.9 Å². The van der Waals surface area contributed by atoms with E-state index in [1.807, 2.05) is 0 Å². The van der Waals surface area contributed by atoms with Crippen molar-refractivity contribution in [2.45, 2.75) is 28.6 Å². The predicted molar refractivity (Wildman–Crippen MR) is 153 cm³/mol. The van der Waals surface area contributed by atoms with Crippen molar-refractivity contribution < 1.29 is 36.2 Å². The maximum atomic E-state index is 15.4. The van der Waals surface area contributed by atoms with Crippen LogP contribution in [0.2, 0.25) is 5.02 Å². The van der Waals surface area contributed by atoms with Gasteiger partial charge in [0.1, 0.15) is 17.5 Å². The summed E-state index contributed by atoms with van der Waals surface area (Å²) in [6.07, 6.45) is -4.36. The Morgan fingerprint density at radius 2 is 1.84 bits per heavy atom. The third kappa shape index (κ3) is 6.24. The molecule has 232 valence electrons. The van der Waals surface area contributed by atoms with Gasteiger partial charge in [0.2, 0.25) is 5.91 Å². The van der Waals surface area contributed by atoms with Crippen LogP contribution in [0.4, 0.5) is 27.8 Å². The van der Waals surface area contributed by atoms with Crippen LogP contribution in [0.3, 0.4) is 0 Å². The first kappa shape index (κ1) is 31.2. The normalized spacial score (nSPS) is 19.9. The summed E-state index contributed by atoms with van der Waals surface area (Å²) in [5.41, 5.74) is -1.57. The van der Waals surface area contributed by atoms with Gasteiger partial charge in [-0.05, 0) is 24.3 Å². The average molecular weight is 647 g/mol. The zero-order chi connectivity index (χ0) is 31.1. The van der Waals surface area contributed by atoms with Crippen molar-refractivity contribution in [2.75, 3.05) is 57.2 Å². The second-order valence-electron chi connectivity index (χ2n) is 10.0. The van der Waals surface area contributed by atoms with E-state index >= 15 is 4.39 Å². The summed E-state index contributed by atoms with van der Waals surface area (Å²) in [6.45, 7) is 4.62. The Morgan fingerprint density at radius 1 is 1.12 bits per heavy atom. The van der Waals surface area contributed by atoms with Crippen molar-refractivity contribution in [3.63, 3.8) is 0 Å². The Hall–Kier alpha value is -3.20. The molecule has 15 heteroatoms. The molecule has 2 atom stereocenters. The zero-order valence-corrected chi connectivity index (χ0v) is 24.6. The molecule has 0 radical (unpaired) electrons. The summed E-state index contributed by atoms with van der Waals surface area (Å²) >= 11 is 6.02. The number of halogens is 6. The van der Waals surface area contributed by atoms with Gasteiger partial charge in [-0.25, -0.2) is 13.6 Å². The van der Waals surface area contributed by atoms with E-state index in [1.165, 1.54) is 22.7 Å². The highest BCUT2D eigenvalue weighted by molar-refractivity contribution is 8.17. The first-order chi connectivity index (χ1) is 20.4. The highest BCUT2D eigenvalue weighted by Crippen LogP contribution is 2.53. The van der Waals surface area contributed by atoms with E-state index in [-0.39, 0.29) is 89.1 Å². The van der Waals surface area contributed by atoms with Crippen LogP contribution in [0.5, 0.6) is 0 Å². The zero-order valence-electron chi connectivity index (χ0n) is 23.0. The maximum Gasteiger partial charge on any atom is 0.416 e. The molecule has 8 nitrogen and oxygen atoms in total. The number of thiol groups is 1. The summed E-state index contributed by atoms with van der Waals surface area (Å²) in [7, 11) is -0.524. The van der Waals surface area contributed by atoms with Crippen LogP contribution in [-0.4, -0.2) is 78.7 Å². The molecular weight excluding hydrogens is 619 g/mol. The minimum Gasteiger partial charge on any atom is -0.382 e. The molecule has 2 aliphatic rings. The summed E-state index contributed by atoms with van der Waals surface area (Å²) in [4.78, 5) is 33.1. The summed E-state index contributed by atoms with van der Waals surface area (Å²) in [5, 5.41) is -0.338. The van der Waals surface area contributed by atoms with Crippen LogP contribution in [0.25, 0.3) is 10.9 Å². The van der Waals surface area contributed by atoms with Gasteiger partial charge >= 0.3 is 11.9 Å². The molecule has 1 fully saturated rings.